The summed E-state index contributed by atoms with van der Waals surface area (Å²) >= 11 is 0. The summed E-state index contributed by atoms with van der Waals surface area (Å²) < 4.78 is 0. The van der Waals surface area contributed by atoms with E-state index >= 15 is 0 Å². The van der Waals surface area contributed by atoms with Crippen LogP contribution in [0.4, 0.5) is 0 Å². The van der Waals surface area contributed by atoms with Gasteiger partial charge in [-0.2, -0.15) is 0 Å². The Balaban J connectivity index is 2.18. The van der Waals surface area contributed by atoms with Gasteiger partial charge in [0.1, 0.15) is 0 Å². The molecule has 0 heterocycles. The van der Waals surface area contributed by atoms with Crippen molar-refractivity contribution in [1.29, 1.82) is 0 Å². The van der Waals surface area contributed by atoms with Gasteiger partial charge in [-0.05, 0) is 32.1 Å². The molecule has 3 atom stereocenters. The Morgan fingerprint density at radius 3 is 2.78 bits per heavy atom. The molecule has 1 fully saturated rings. The molecule has 4 heteroatoms. The van der Waals surface area contributed by atoms with E-state index in [0.717, 1.165) is 45.2 Å². The standard InChI is InChI=1S/C14H28N2O2/c1-3-4-9-15-14(18)11(2)16-10-12-7-5-6-8-13(12)17/h11-13,16-17H,3-10H2,1-2H3,(H,15,18). The maximum Gasteiger partial charge on any atom is 0.236 e. The molecule has 1 amide bonds. The van der Waals surface area contributed by atoms with Gasteiger partial charge in [-0.1, -0.05) is 26.2 Å². The lowest BCUT2D eigenvalue weighted by molar-refractivity contribution is -0.122. The molecule has 0 aromatic heterocycles. The third kappa shape index (κ3) is 5.36. The van der Waals surface area contributed by atoms with Crippen LogP contribution in [0, 0.1) is 5.92 Å². The number of carbonyl (C=O) groups excluding carboxylic acids is 1. The zero-order chi connectivity index (χ0) is 13.4. The van der Waals surface area contributed by atoms with Crippen LogP contribution in [0.3, 0.4) is 0 Å². The normalized spacial score (nSPS) is 25.7. The summed E-state index contributed by atoms with van der Waals surface area (Å²) in [6.45, 7) is 5.49. The van der Waals surface area contributed by atoms with Crippen LogP contribution in [0.2, 0.25) is 0 Å². The van der Waals surface area contributed by atoms with Crippen LogP contribution in [0.1, 0.15) is 52.4 Å². The van der Waals surface area contributed by atoms with Crippen molar-refractivity contribution in [2.45, 2.75) is 64.5 Å². The highest BCUT2D eigenvalue weighted by Crippen LogP contribution is 2.23. The molecule has 18 heavy (non-hydrogen) atoms. The summed E-state index contributed by atoms with van der Waals surface area (Å²) in [5.41, 5.74) is 0. The van der Waals surface area contributed by atoms with Crippen LogP contribution in [-0.4, -0.2) is 36.2 Å². The smallest absolute Gasteiger partial charge is 0.236 e. The summed E-state index contributed by atoms with van der Waals surface area (Å²) in [4.78, 5) is 11.7. The summed E-state index contributed by atoms with van der Waals surface area (Å²) in [6.07, 6.45) is 6.23. The maximum atomic E-state index is 11.7. The second kappa shape index (κ2) is 8.48. The first kappa shape index (κ1) is 15.4. The molecule has 0 saturated heterocycles. The van der Waals surface area contributed by atoms with Crippen molar-refractivity contribution in [2.24, 2.45) is 5.92 Å². The van der Waals surface area contributed by atoms with Crippen molar-refractivity contribution in [1.82, 2.24) is 10.6 Å². The molecule has 1 aliphatic rings. The Labute approximate surface area is 111 Å². The molecular weight excluding hydrogens is 228 g/mol. The first-order chi connectivity index (χ1) is 8.65. The minimum Gasteiger partial charge on any atom is -0.393 e. The van der Waals surface area contributed by atoms with Gasteiger partial charge in [-0.25, -0.2) is 0 Å². The van der Waals surface area contributed by atoms with Gasteiger partial charge in [-0.15, -0.1) is 0 Å². The number of aliphatic hydroxyl groups is 1. The molecule has 0 bridgehead atoms. The first-order valence-corrected chi connectivity index (χ1v) is 7.34. The van der Waals surface area contributed by atoms with Gasteiger partial charge in [0.05, 0.1) is 12.1 Å². The Hall–Kier alpha value is -0.610. The molecular formula is C14H28N2O2. The lowest BCUT2D eigenvalue weighted by Gasteiger charge is -2.28. The van der Waals surface area contributed by atoms with Gasteiger partial charge in [0.25, 0.3) is 0 Å². The van der Waals surface area contributed by atoms with E-state index in [2.05, 4.69) is 17.6 Å². The van der Waals surface area contributed by atoms with Crippen LogP contribution in [0.15, 0.2) is 0 Å². The monoisotopic (exact) mass is 256 g/mol. The van der Waals surface area contributed by atoms with E-state index in [9.17, 15) is 9.90 Å². The van der Waals surface area contributed by atoms with E-state index in [1.807, 2.05) is 6.92 Å². The number of carbonyl (C=O) groups is 1. The summed E-state index contributed by atoms with van der Waals surface area (Å²) in [5, 5.41) is 16.0. The third-order valence-electron chi connectivity index (χ3n) is 3.78. The Bertz CT molecular complexity index is 246. The fraction of sp³-hybridized carbons (Fsp3) is 0.929. The minimum absolute atomic E-state index is 0.0637. The lowest BCUT2D eigenvalue weighted by Crippen LogP contribution is -2.45. The van der Waals surface area contributed by atoms with Crippen molar-refractivity contribution < 1.29 is 9.90 Å². The molecule has 0 aromatic rings. The average molecular weight is 256 g/mol. The number of hydrogen-bond acceptors (Lipinski definition) is 3. The van der Waals surface area contributed by atoms with Crippen LogP contribution >= 0.6 is 0 Å². The van der Waals surface area contributed by atoms with Crippen molar-refractivity contribution in [3.8, 4) is 0 Å². The average Bonchev–Trinajstić information content (AvgIpc) is 2.37. The molecule has 0 aliphatic heterocycles. The van der Waals surface area contributed by atoms with Crippen LogP contribution < -0.4 is 10.6 Å². The van der Waals surface area contributed by atoms with E-state index < -0.39 is 0 Å². The van der Waals surface area contributed by atoms with Crippen molar-refractivity contribution in [3.63, 3.8) is 0 Å². The second-order valence-electron chi connectivity index (χ2n) is 5.39. The van der Waals surface area contributed by atoms with E-state index in [1.54, 1.807) is 0 Å². The highest BCUT2D eigenvalue weighted by Gasteiger charge is 2.23. The molecule has 1 rings (SSSR count). The molecule has 0 spiro atoms. The molecule has 3 unspecified atom stereocenters. The predicted octanol–water partition coefficient (Wildman–Crippen LogP) is 1.43. The summed E-state index contributed by atoms with van der Waals surface area (Å²) in [5.74, 6) is 0.374. The largest absolute Gasteiger partial charge is 0.393 e. The number of hydrogen-bond donors (Lipinski definition) is 3. The van der Waals surface area contributed by atoms with Crippen molar-refractivity contribution >= 4 is 5.91 Å². The van der Waals surface area contributed by atoms with E-state index in [4.69, 9.17) is 0 Å². The third-order valence-corrected chi connectivity index (χ3v) is 3.78. The van der Waals surface area contributed by atoms with Crippen molar-refractivity contribution in [3.05, 3.63) is 0 Å². The number of rotatable bonds is 7. The SMILES string of the molecule is CCCCNC(=O)C(C)NCC1CCCCC1O. The van der Waals surface area contributed by atoms with Crippen LogP contribution in [0.5, 0.6) is 0 Å². The van der Waals surface area contributed by atoms with E-state index in [-0.39, 0.29) is 18.1 Å². The Kier molecular flexibility index (Phi) is 7.28. The van der Waals surface area contributed by atoms with Gasteiger partial charge in [-0.3, -0.25) is 4.79 Å². The van der Waals surface area contributed by atoms with Crippen LogP contribution in [0.25, 0.3) is 0 Å². The summed E-state index contributed by atoms with van der Waals surface area (Å²) in [6, 6.07) is -0.170. The first-order valence-electron chi connectivity index (χ1n) is 7.34. The minimum atomic E-state index is -0.193. The quantitative estimate of drug-likeness (QED) is 0.604. The highest BCUT2D eigenvalue weighted by molar-refractivity contribution is 5.81. The molecule has 1 aliphatic carbocycles. The molecule has 4 nitrogen and oxygen atoms in total. The Morgan fingerprint density at radius 1 is 1.39 bits per heavy atom. The number of nitrogens with one attached hydrogen (secondary N) is 2. The highest BCUT2D eigenvalue weighted by atomic mass is 16.3. The van der Waals surface area contributed by atoms with E-state index in [0.29, 0.717) is 5.92 Å². The molecule has 1 saturated carbocycles. The van der Waals surface area contributed by atoms with Gasteiger partial charge >= 0.3 is 0 Å². The molecule has 0 aromatic carbocycles. The fourth-order valence-electron chi connectivity index (χ4n) is 2.39. The topological polar surface area (TPSA) is 61.4 Å². The predicted molar refractivity (Wildman–Crippen MR) is 73.3 cm³/mol. The number of aliphatic hydroxyl groups excluding tert-OH is 1. The Morgan fingerprint density at radius 2 is 2.11 bits per heavy atom. The number of unbranched alkanes of at least 4 members (excludes halogenated alkanes) is 1. The summed E-state index contributed by atoms with van der Waals surface area (Å²) in [7, 11) is 0. The molecule has 106 valence electrons. The molecule has 3 N–H and O–H groups in total. The lowest BCUT2D eigenvalue weighted by atomic mass is 9.86. The number of amides is 1. The maximum absolute atomic E-state index is 11.7. The van der Waals surface area contributed by atoms with Gasteiger partial charge in [0, 0.05) is 13.1 Å². The fourth-order valence-corrected chi connectivity index (χ4v) is 2.39. The van der Waals surface area contributed by atoms with Gasteiger partial charge < -0.3 is 15.7 Å². The van der Waals surface area contributed by atoms with Crippen LogP contribution in [-0.2, 0) is 4.79 Å². The van der Waals surface area contributed by atoms with E-state index in [1.165, 1.54) is 6.42 Å². The molecule has 0 radical (unpaired) electrons. The van der Waals surface area contributed by atoms with Gasteiger partial charge in [0.15, 0.2) is 0 Å². The van der Waals surface area contributed by atoms with Crippen molar-refractivity contribution in [2.75, 3.05) is 13.1 Å². The zero-order valence-electron chi connectivity index (χ0n) is 11.7. The van der Waals surface area contributed by atoms with Gasteiger partial charge in [0.2, 0.25) is 5.91 Å². The second-order valence-corrected chi connectivity index (χ2v) is 5.39. The zero-order valence-corrected chi connectivity index (χ0v) is 11.7.